The SMILES string of the molecule is CC(C)[C@H](NC(=O)Oc1ccccc1)C(=O)N1CCC[C@H]1C(=O)N[C@H](C(=O)C(F)(F)CN)C(C)C.O=C(O)C(F)(F)F. The van der Waals surface area contributed by atoms with Crippen molar-refractivity contribution >= 4 is 29.7 Å². The van der Waals surface area contributed by atoms with E-state index in [1.54, 1.807) is 44.2 Å². The molecule has 3 amide bonds. The number of ketones is 1. The van der Waals surface area contributed by atoms with Gasteiger partial charge >= 0.3 is 24.2 Å². The van der Waals surface area contributed by atoms with Crippen LogP contribution in [-0.4, -0.2) is 83.0 Å². The standard InChI is InChI=1S/C24H34F2N4O5.C2HF3O2/c1-14(2)18(20(31)24(25,26)13-27)28-21(32)17-11-8-12-30(17)22(33)19(15(3)4)29-23(34)35-16-9-6-5-7-10-16;3-2(4,5)1(6)7/h5-7,9-10,14-15,17-19H,8,11-13,27H2,1-4H3,(H,28,32)(H,29,34);(H,6,7)/t17-,18-,19-;/m0./s1. The third kappa shape index (κ3) is 10.5. The summed E-state index contributed by atoms with van der Waals surface area (Å²) >= 11 is 0. The van der Waals surface area contributed by atoms with Crippen LogP contribution in [0.4, 0.5) is 26.7 Å². The first-order chi connectivity index (χ1) is 19.3. The van der Waals surface area contributed by atoms with E-state index in [1.165, 1.54) is 18.7 Å². The molecule has 5 N–H and O–H groups in total. The molecule has 1 saturated heterocycles. The molecule has 11 nitrogen and oxygen atoms in total. The van der Waals surface area contributed by atoms with Crippen LogP contribution in [0.15, 0.2) is 30.3 Å². The predicted octanol–water partition coefficient (Wildman–Crippen LogP) is 2.73. The van der Waals surface area contributed by atoms with Crippen LogP contribution < -0.4 is 21.1 Å². The summed E-state index contributed by atoms with van der Waals surface area (Å²) in [5.74, 6) is -9.85. The Morgan fingerprint density at radius 1 is 0.976 bits per heavy atom. The van der Waals surface area contributed by atoms with Gasteiger partial charge < -0.3 is 31.1 Å². The first kappa shape index (κ1) is 36.2. The van der Waals surface area contributed by atoms with Gasteiger partial charge in [-0.2, -0.15) is 22.0 Å². The van der Waals surface area contributed by atoms with E-state index in [0.29, 0.717) is 18.6 Å². The topological polar surface area (TPSA) is 168 Å². The van der Waals surface area contributed by atoms with E-state index in [-0.39, 0.29) is 12.5 Å². The number of hydrogen-bond donors (Lipinski definition) is 4. The molecule has 1 aromatic carbocycles. The number of benzene rings is 1. The lowest BCUT2D eigenvalue weighted by molar-refractivity contribution is -0.192. The Hall–Kier alpha value is -3.82. The maximum absolute atomic E-state index is 13.9. The highest BCUT2D eigenvalue weighted by molar-refractivity contribution is 5.97. The van der Waals surface area contributed by atoms with Crippen LogP contribution in [0.5, 0.6) is 5.75 Å². The van der Waals surface area contributed by atoms with E-state index in [4.69, 9.17) is 20.4 Å². The third-order valence-corrected chi connectivity index (χ3v) is 6.10. The predicted molar refractivity (Wildman–Crippen MR) is 138 cm³/mol. The van der Waals surface area contributed by atoms with E-state index >= 15 is 0 Å². The number of carbonyl (C=O) groups excluding carboxylic acids is 4. The van der Waals surface area contributed by atoms with Crippen molar-refractivity contribution in [2.45, 2.75) is 70.8 Å². The molecule has 2 rings (SSSR count). The number of nitrogens with two attached hydrogens (primary N) is 1. The summed E-state index contributed by atoms with van der Waals surface area (Å²) in [6, 6.07) is 4.93. The number of carboxylic acid groups (broad SMARTS) is 1. The molecule has 3 atom stereocenters. The Kier molecular flexibility index (Phi) is 13.3. The van der Waals surface area contributed by atoms with Gasteiger partial charge in [-0.1, -0.05) is 45.9 Å². The quantitative estimate of drug-likeness (QED) is 0.293. The minimum atomic E-state index is -5.08. The smallest absolute Gasteiger partial charge is 0.475 e. The number of halogens is 5. The Bertz CT molecular complexity index is 1100. The minimum Gasteiger partial charge on any atom is -0.475 e. The third-order valence-electron chi connectivity index (χ3n) is 6.10. The molecule has 1 heterocycles. The van der Waals surface area contributed by atoms with Gasteiger partial charge in [-0.25, -0.2) is 9.59 Å². The second kappa shape index (κ2) is 15.4. The Labute approximate surface area is 238 Å². The van der Waals surface area contributed by atoms with Crippen molar-refractivity contribution in [1.29, 1.82) is 0 Å². The van der Waals surface area contributed by atoms with Gasteiger partial charge in [-0.3, -0.25) is 14.4 Å². The molecule has 0 unspecified atom stereocenters. The molecule has 16 heteroatoms. The second-order valence-electron chi connectivity index (χ2n) is 10.1. The normalized spacial score (nSPS) is 16.7. The number of hydrogen-bond acceptors (Lipinski definition) is 7. The van der Waals surface area contributed by atoms with Crippen LogP contribution in [0, 0.1) is 11.8 Å². The average Bonchev–Trinajstić information content (AvgIpc) is 3.40. The lowest BCUT2D eigenvalue weighted by atomic mass is 9.95. The fourth-order valence-electron chi connectivity index (χ4n) is 3.86. The highest BCUT2D eigenvalue weighted by Gasteiger charge is 2.45. The van der Waals surface area contributed by atoms with Gasteiger partial charge in [-0.05, 0) is 36.8 Å². The van der Waals surface area contributed by atoms with E-state index in [1.807, 2.05) is 0 Å². The van der Waals surface area contributed by atoms with E-state index in [9.17, 15) is 41.1 Å². The number of ether oxygens (including phenoxy) is 1. The molecule has 42 heavy (non-hydrogen) atoms. The van der Waals surface area contributed by atoms with Crippen molar-refractivity contribution in [2.24, 2.45) is 17.6 Å². The number of aliphatic carboxylic acids is 1. The van der Waals surface area contributed by atoms with Crippen LogP contribution in [0.1, 0.15) is 40.5 Å². The second-order valence-corrected chi connectivity index (χ2v) is 10.1. The fourth-order valence-corrected chi connectivity index (χ4v) is 3.86. The molecule has 0 aliphatic carbocycles. The van der Waals surface area contributed by atoms with E-state index in [2.05, 4.69) is 10.6 Å². The zero-order valence-electron chi connectivity index (χ0n) is 23.4. The molecule has 1 aliphatic rings. The molecule has 0 aromatic heterocycles. The minimum absolute atomic E-state index is 0.245. The fraction of sp³-hybridized carbons (Fsp3) is 0.577. The monoisotopic (exact) mass is 610 g/mol. The number of para-hydroxylation sites is 1. The first-order valence-corrected chi connectivity index (χ1v) is 12.9. The van der Waals surface area contributed by atoms with Crippen molar-refractivity contribution in [2.75, 3.05) is 13.1 Å². The maximum atomic E-state index is 13.9. The van der Waals surface area contributed by atoms with Gasteiger partial charge in [0.1, 0.15) is 17.8 Å². The number of carbonyl (C=O) groups is 5. The molecule has 1 fully saturated rings. The van der Waals surface area contributed by atoms with E-state index < -0.39 is 72.3 Å². The number of nitrogens with one attached hydrogen (secondary N) is 2. The number of amides is 3. The zero-order chi connectivity index (χ0) is 32.4. The molecular weight excluding hydrogens is 575 g/mol. The number of alkyl halides is 5. The molecule has 0 spiro atoms. The van der Waals surface area contributed by atoms with Gasteiger partial charge in [0, 0.05) is 6.54 Å². The van der Waals surface area contributed by atoms with Gasteiger partial charge in [0.15, 0.2) is 0 Å². The summed E-state index contributed by atoms with van der Waals surface area (Å²) in [6.45, 7) is 5.61. The summed E-state index contributed by atoms with van der Waals surface area (Å²) in [6.07, 6.45) is -5.11. The molecular formula is C26H35F5N4O7. The maximum Gasteiger partial charge on any atom is 0.490 e. The summed E-state index contributed by atoms with van der Waals surface area (Å²) in [5, 5.41) is 12.1. The van der Waals surface area contributed by atoms with Crippen molar-refractivity contribution in [3.05, 3.63) is 30.3 Å². The molecule has 1 aromatic rings. The molecule has 0 bridgehead atoms. The van der Waals surface area contributed by atoms with Crippen LogP contribution in [0.3, 0.4) is 0 Å². The summed E-state index contributed by atoms with van der Waals surface area (Å²) in [4.78, 5) is 61.2. The number of likely N-dealkylation sites (tertiary alicyclic amines) is 1. The summed E-state index contributed by atoms with van der Waals surface area (Å²) in [7, 11) is 0. The lowest BCUT2D eigenvalue weighted by Crippen LogP contribution is -2.59. The number of Topliss-reactive ketones (excluding diaryl/α,β-unsaturated/α-hetero) is 1. The number of nitrogens with zero attached hydrogens (tertiary/aromatic N) is 1. The van der Waals surface area contributed by atoms with Gasteiger partial charge in [0.2, 0.25) is 17.6 Å². The van der Waals surface area contributed by atoms with Crippen molar-refractivity contribution in [3.8, 4) is 5.75 Å². The van der Waals surface area contributed by atoms with Crippen LogP contribution in [-0.2, 0) is 19.2 Å². The Morgan fingerprint density at radius 2 is 1.50 bits per heavy atom. The van der Waals surface area contributed by atoms with Crippen molar-refractivity contribution in [3.63, 3.8) is 0 Å². The van der Waals surface area contributed by atoms with Crippen LogP contribution in [0.25, 0.3) is 0 Å². The molecule has 236 valence electrons. The van der Waals surface area contributed by atoms with E-state index in [0.717, 1.165) is 0 Å². The van der Waals surface area contributed by atoms with Crippen molar-refractivity contribution < 1.29 is 55.8 Å². The average molecular weight is 611 g/mol. The van der Waals surface area contributed by atoms with Gasteiger partial charge in [0.05, 0.1) is 12.6 Å². The van der Waals surface area contributed by atoms with Gasteiger partial charge in [-0.15, -0.1) is 0 Å². The number of rotatable bonds is 10. The lowest BCUT2D eigenvalue weighted by Gasteiger charge is -2.32. The molecule has 0 saturated carbocycles. The highest BCUT2D eigenvalue weighted by Crippen LogP contribution is 2.23. The largest absolute Gasteiger partial charge is 0.490 e. The first-order valence-electron chi connectivity index (χ1n) is 12.9. The van der Waals surface area contributed by atoms with Crippen LogP contribution in [0.2, 0.25) is 0 Å². The summed E-state index contributed by atoms with van der Waals surface area (Å²) in [5.41, 5.74) is 5.03. The molecule has 1 aliphatic heterocycles. The Morgan fingerprint density at radius 3 is 1.95 bits per heavy atom. The zero-order valence-corrected chi connectivity index (χ0v) is 23.4. The number of carboxylic acids is 1. The van der Waals surface area contributed by atoms with Gasteiger partial charge in [0.25, 0.3) is 0 Å². The van der Waals surface area contributed by atoms with Crippen molar-refractivity contribution in [1.82, 2.24) is 15.5 Å². The highest BCUT2D eigenvalue weighted by atomic mass is 19.4. The van der Waals surface area contributed by atoms with Crippen LogP contribution >= 0.6 is 0 Å². The molecule has 0 radical (unpaired) electrons. The summed E-state index contributed by atoms with van der Waals surface area (Å²) < 4.78 is 64.8. The Balaban J connectivity index is 0.00000112.